The number of hydrogen-bond donors (Lipinski definition) is 0. The number of rotatable bonds is 4. The maximum absolute atomic E-state index is 8.98. The summed E-state index contributed by atoms with van der Waals surface area (Å²) in [5, 5.41) is 8.98. The van der Waals surface area contributed by atoms with Gasteiger partial charge in [0.05, 0.1) is 18.0 Å². The van der Waals surface area contributed by atoms with Gasteiger partial charge >= 0.3 is 0 Å². The highest BCUT2D eigenvalue weighted by Gasteiger charge is 2.18. The molecular weight excluding hydrogens is 234 g/mol. The average molecular weight is 257 g/mol. The Morgan fingerprint density at radius 1 is 1.26 bits per heavy atom. The first-order valence-electron chi connectivity index (χ1n) is 7.29. The summed E-state index contributed by atoms with van der Waals surface area (Å²) in [6.07, 6.45) is 8.34. The number of nitriles is 1. The summed E-state index contributed by atoms with van der Waals surface area (Å²) >= 11 is 0. The summed E-state index contributed by atoms with van der Waals surface area (Å²) in [6, 6.07) is 4.54. The first-order valence-corrected chi connectivity index (χ1v) is 7.29. The summed E-state index contributed by atoms with van der Waals surface area (Å²) in [7, 11) is 0. The lowest BCUT2D eigenvalue weighted by atomic mass is 9.87. The van der Waals surface area contributed by atoms with Gasteiger partial charge in [0.15, 0.2) is 0 Å². The van der Waals surface area contributed by atoms with E-state index in [0.717, 1.165) is 13.1 Å². The van der Waals surface area contributed by atoms with Gasteiger partial charge in [-0.25, -0.2) is 0 Å². The molecule has 1 saturated heterocycles. The minimum absolute atomic E-state index is 0.294. The lowest BCUT2D eigenvalue weighted by molar-refractivity contribution is 0.504. The van der Waals surface area contributed by atoms with Crippen molar-refractivity contribution in [1.29, 1.82) is 5.26 Å². The largest absolute Gasteiger partial charge is 0.370 e. The maximum Gasteiger partial charge on any atom is 0.0628 e. The van der Waals surface area contributed by atoms with Gasteiger partial charge in [-0.05, 0) is 36.8 Å². The summed E-state index contributed by atoms with van der Waals surface area (Å²) < 4.78 is 0. The molecule has 3 nitrogen and oxygen atoms in total. The van der Waals surface area contributed by atoms with Crippen LogP contribution in [-0.4, -0.2) is 18.1 Å². The lowest BCUT2D eigenvalue weighted by Crippen LogP contribution is -2.29. The van der Waals surface area contributed by atoms with Crippen LogP contribution >= 0.6 is 0 Å². The second kappa shape index (κ2) is 6.56. The van der Waals surface area contributed by atoms with Crippen LogP contribution in [0.2, 0.25) is 0 Å². The fraction of sp³-hybridized carbons (Fsp3) is 0.625. The zero-order valence-corrected chi connectivity index (χ0v) is 12.0. The lowest BCUT2D eigenvalue weighted by Gasteiger charge is -2.29. The summed E-state index contributed by atoms with van der Waals surface area (Å²) in [5.74, 6) is 0.764. The molecule has 1 aliphatic rings. The summed E-state index contributed by atoms with van der Waals surface area (Å²) in [5.41, 5.74) is 2.43. The topological polar surface area (TPSA) is 39.9 Å². The Bertz CT molecular complexity index is 442. The predicted octanol–water partition coefficient (Wildman–Crippen LogP) is 3.73. The van der Waals surface area contributed by atoms with Crippen LogP contribution in [0.4, 0.5) is 5.69 Å². The molecule has 1 unspecified atom stereocenters. The molecule has 2 rings (SSSR count). The van der Waals surface area contributed by atoms with Crippen LogP contribution in [0.15, 0.2) is 18.5 Å². The molecule has 1 aromatic heterocycles. The smallest absolute Gasteiger partial charge is 0.0628 e. The third-order valence-corrected chi connectivity index (χ3v) is 4.01. The number of aromatic nitrogens is 1. The SMILES string of the molecule is CC(C)C(CC#N)c1cncc(N2CCCCC2)c1. The Hall–Kier alpha value is -1.56. The Balaban J connectivity index is 2.20. The molecule has 102 valence electrons. The van der Waals surface area contributed by atoms with Gasteiger partial charge in [-0.1, -0.05) is 13.8 Å². The van der Waals surface area contributed by atoms with Crippen molar-refractivity contribution in [3.63, 3.8) is 0 Å². The Labute approximate surface area is 116 Å². The van der Waals surface area contributed by atoms with Crippen molar-refractivity contribution in [1.82, 2.24) is 4.98 Å². The highest BCUT2D eigenvalue weighted by Crippen LogP contribution is 2.30. The molecule has 0 N–H and O–H groups in total. The van der Waals surface area contributed by atoms with E-state index in [1.807, 2.05) is 12.4 Å². The van der Waals surface area contributed by atoms with E-state index in [0.29, 0.717) is 18.3 Å². The molecule has 0 spiro atoms. The van der Waals surface area contributed by atoms with E-state index in [4.69, 9.17) is 5.26 Å². The van der Waals surface area contributed by atoms with Crippen molar-refractivity contribution in [3.05, 3.63) is 24.0 Å². The fourth-order valence-electron chi connectivity index (χ4n) is 2.81. The second-order valence-corrected chi connectivity index (χ2v) is 5.74. The van der Waals surface area contributed by atoms with Crippen LogP contribution in [-0.2, 0) is 0 Å². The van der Waals surface area contributed by atoms with Crippen LogP contribution < -0.4 is 4.90 Å². The summed E-state index contributed by atoms with van der Waals surface area (Å²) in [4.78, 5) is 6.81. The van der Waals surface area contributed by atoms with E-state index in [-0.39, 0.29) is 0 Å². The Morgan fingerprint density at radius 3 is 2.63 bits per heavy atom. The van der Waals surface area contributed by atoms with Crippen LogP contribution in [0, 0.1) is 17.2 Å². The van der Waals surface area contributed by atoms with Crippen molar-refractivity contribution in [3.8, 4) is 6.07 Å². The molecule has 1 aromatic rings. The minimum Gasteiger partial charge on any atom is -0.370 e. The van der Waals surface area contributed by atoms with E-state index in [9.17, 15) is 0 Å². The van der Waals surface area contributed by atoms with Crippen molar-refractivity contribution in [2.75, 3.05) is 18.0 Å². The summed E-state index contributed by atoms with van der Waals surface area (Å²) in [6.45, 7) is 6.62. The van der Waals surface area contributed by atoms with Crippen molar-refractivity contribution < 1.29 is 0 Å². The number of pyridine rings is 1. The van der Waals surface area contributed by atoms with E-state index < -0.39 is 0 Å². The van der Waals surface area contributed by atoms with Gasteiger partial charge in [0.25, 0.3) is 0 Å². The third-order valence-electron chi connectivity index (χ3n) is 4.01. The fourth-order valence-corrected chi connectivity index (χ4v) is 2.81. The van der Waals surface area contributed by atoms with Crippen LogP contribution in [0.1, 0.15) is 51.0 Å². The van der Waals surface area contributed by atoms with Crippen LogP contribution in [0.3, 0.4) is 0 Å². The standard InChI is InChI=1S/C16H23N3/c1-13(2)16(6-7-17)14-10-15(12-18-11-14)19-8-4-3-5-9-19/h10-13,16H,3-6,8-9H2,1-2H3. The molecule has 3 heteroatoms. The highest BCUT2D eigenvalue weighted by molar-refractivity contribution is 5.47. The predicted molar refractivity (Wildman–Crippen MR) is 78.1 cm³/mol. The molecular formula is C16H23N3. The zero-order valence-electron chi connectivity index (χ0n) is 12.0. The van der Waals surface area contributed by atoms with Gasteiger partial charge in [0.1, 0.15) is 0 Å². The maximum atomic E-state index is 8.98. The van der Waals surface area contributed by atoms with E-state index >= 15 is 0 Å². The van der Waals surface area contributed by atoms with Gasteiger partial charge in [0.2, 0.25) is 0 Å². The molecule has 0 bridgehead atoms. The quantitative estimate of drug-likeness (QED) is 0.825. The van der Waals surface area contributed by atoms with E-state index in [1.54, 1.807) is 0 Å². The molecule has 0 aromatic carbocycles. The Kier molecular flexibility index (Phi) is 4.79. The van der Waals surface area contributed by atoms with Gasteiger partial charge in [-0.3, -0.25) is 4.98 Å². The van der Waals surface area contributed by atoms with Crippen molar-refractivity contribution >= 4 is 5.69 Å². The van der Waals surface area contributed by atoms with Gasteiger partial charge in [-0.15, -0.1) is 0 Å². The molecule has 0 aliphatic carbocycles. The molecule has 1 fully saturated rings. The number of nitrogens with zero attached hydrogens (tertiary/aromatic N) is 3. The Morgan fingerprint density at radius 2 is 2.00 bits per heavy atom. The van der Waals surface area contributed by atoms with Gasteiger partial charge in [0, 0.05) is 31.6 Å². The molecule has 19 heavy (non-hydrogen) atoms. The number of hydrogen-bond acceptors (Lipinski definition) is 3. The second-order valence-electron chi connectivity index (χ2n) is 5.74. The van der Waals surface area contributed by atoms with Crippen LogP contribution in [0.5, 0.6) is 0 Å². The van der Waals surface area contributed by atoms with Gasteiger partial charge < -0.3 is 4.90 Å². The highest BCUT2D eigenvalue weighted by atomic mass is 15.1. The molecule has 0 radical (unpaired) electrons. The molecule has 0 saturated carbocycles. The van der Waals surface area contributed by atoms with Gasteiger partial charge in [-0.2, -0.15) is 5.26 Å². The van der Waals surface area contributed by atoms with E-state index in [2.05, 4.69) is 35.9 Å². The van der Waals surface area contributed by atoms with Crippen LogP contribution in [0.25, 0.3) is 0 Å². The normalized spacial score (nSPS) is 17.3. The zero-order chi connectivity index (χ0) is 13.7. The number of piperidine rings is 1. The first kappa shape index (κ1) is 13.9. The first-order chi connectivity index (χ1) is 9.22. The van der Waals surface area contributed by atoms with Crippen molar-refractivity contribution in [2.24, 2.45) is 5.92 Å². The minimum atomic E-state index is 0.294. The third kappa shape index (κ3) is 3.47. The average Bonchev–Trinajstić information content (AvgIpc) is 2.45. The number of anilines is 1. The molecule has 1 atom stereocenters. The molecule has 1 aliphatic heterocycles. The van der Waals surface area contributed by atoms with E-state index in [1.165, 1.54) is 30.5 Å². The molecule has 0 amide bonds. The molecule has 2 heterocycles. The van der Waals surface area contributed by atoms with Crippen molar-refractivity contribution in [2.45, 2.75) is 45.4 Å². The monoisotopic (exact) mass is 257 g/mol.